The highest BCUT2D eigenvalue weighted by atomic mass is 35.5. The van der Waals surface area contributed by atoms with E-state index in [2.05, 4.69) is 28.8 Å². The Kier molecular flexibility index (Phi) is 5.47. The molecule has 0 aliphatic heterocycles. The summed E-state index contributed by atoms with van der Waals surface area (Å²) < 4.78 is 0. The number of fused-ring (bicyclic) bond motifs is 1. The van der Waals surface area contributed by atoms with Gasteiger partial charge in [-0.15, -0.1) is 11.8 Å². The second kappa shape index (κ2) is 7.75. The summed E-state index contributed by atoms with van der Waals surface area (Å²) in [6, 6.07) is 16.1. The van der Waals surface area contributed by atoms with Crippen LogP contribution in [-0.4, -0.2) is 18.3 Å². The van der Waals surface area contributed by atoms with Gasteiger partial charge in [0.2, 0.25) is 0 Å². The molecular formula is C18H19ClN2OS. The fourth-order valence-corrected chi connectivity index (χ4v) is 3.67. The summed E-state index contributed by atoms with van der Waals surface area (Å²) in [5.41, 5.74) is 2.59. The van der Waals surface area contributed by atoms with Gasteiger partial charge in [0.25, 0.3) is 0 Å². The maximum absolute atomic E-state index is 12.0. The van der Waals surface area contributed by atoms with Gasteiger partial charge < -0.3 is 10.6 Å². The molecule has 1 aliphatic rings. The van der Waals surface area contributed by atoms with Crippen molar-refractivity contribution in [1.29, 1.82) is 0 Å². The first-order valence-electron chi connectivity index (χ1n) is 7.73. The van der Waals surface area contributed by atoms with E-state index in [1.807, 2.05) is 30.3 Å². The van der Waals surface area contributed by atoms with Gasteiger partial charge in [-0.25, -0.2) is 4.79 Å². The Hall–Kier alpha value is -1.65. The van der Waals surface area contributed by atoms with Crippen molar-refractivity contribution in [3.63, 3.8) is 0 Å². The number of hydrogen-bond acceptors (Lipinski definition) is 2. The zero-order valence-electron chi connectivity index (χ0n) is 12.7. The fraction of sp³-hybridized carbons (Fsp3) is 0.278. The number of nitrogens with one attached hydrogen (secondary N) is 2. The van der Waals surface area contributed by atoms with Crippen molar-refractivity contribution in [2.75, 3.05) is 12.3 Å². The molecule has 0 saturated carbocycles. The van der Waals surface area contributed by atoms with Crippen LogP contribution < -0.4 is 10.6 Å². The Morgan fingerprint density at radius 3 is 2.78 bits per heavy atom. The van der Waals surface area contributed by atoms with Crippen LogP contribution in [0, 0.1) is 0 Å². The molecule has 23 heavy (non-hydrogen) atoms. The van der Waals surface area contributed by atoms with E-state index in [1.165, 1.54) is 11.1 Å². The van der Waals surface area contributed by atoms with Crippen molar-refractivity contribution in [2.24, 2.45) is 0 Å². The van der Waals surface area contributed by atoms with Crippen molar-refractivity contribution in [3.8, 4) is 0 Å². The van der Waals surface area contributed by atoms with E-state index in [9.17, 15) is 4.79 Å². The smallest absolute Gasteiger partial charge is 0.315 e. The molecule has 3 nitrogen and oxygen atoms in total. The largest absolute Gasteiger partial charge is 0.337 e. The predicted octanol–water partition coefficient (Wildman–Crippen LogP) is 4.42. The van der Waals surface area contributed by atoms with Gasteiger partial charge in [-0.1, -0.05) is 35.9 Å². The quantitative estimate of drug-likeness (QED) is 0.621. The van der Waals surface area contributed by atoms with Crippen LogP contribution in [0.1, 0.15) is 23.6 Å². The van der Waals surface area contributed by atoms with Gasteiger partial charge >= 0.3 is 6.03 Å². The maximum Gasteiger partial charge on any atom is 0.315 e. The molecule has 3 rings (SSSR count). The SMILES string of the molecule is O=C(NCCSc1ccc(Cl)cc1)N[C@@H]1CCc2ccccc21. The average Bonchev–Trinajstić information content (AvgIpc) is 2.96. The van der Waals surface area contributed by atoms with Gasteiger partial charge in [-0.3, -0.25) is 0 Å². The maximum atomic E-state index is 12.0. The lowest BCUT2D eigenvalue weighted by Gasteiger charge is -2.14. The summed E-state index contributed by atoms with van der Waals surface area (Å²) in [4.78, 5) is 13.2. The molecule has 1 aliphatic carbocycles. The first-order chi connectivity index (χ1) is 11.2. The highest BCUT2D eigenvalue weighted by Gasteiger charge is 2.22. The molecule has 5 heteroatoms. The normalized spacial score (nSPS) is 16.0. The van der Waals surface area contributed by atoms with Crippen molar-refractivity contribution in [2.45, 2.75) is 23.8 Å². The van der Waals surface area contributed by atoms with Crippen LogP contribution in [0.2, 0.25) is 5.02 Å². The molecule has 0 bridgehead atoms. The molecule has 2 N–H and O–H groups in total. The number of urea groups is 1. The first kappa shape index (κ1) is 16.2. The summed E-state index contributed by atoms with van der Waals surface area (Å²) in [6.07, 6.45) is 2.01. The monoisotopic (exact) mass is 346 g/mol. The number of aryl methyl sites for hydroxylation is 1. The van der Waals surface area contributed by atoms with Crippen molar-refractivity contribution < 1.29 is 4.79 Å². The standard InChI is InChI=1S/C18H19ClN2OS/c19-14-6-8-15(9-7-14)23-12-11-20-18(22)21-17-10-5-13-3-1-2-4-16(13)17/h1-4,6-9,17H,5,10-12H2,(H2,20,21,22)/t17-/m1/s1. The molecule has 2 aromatic rings. The second-order valence-corrected chi connectivity index (χ2v) is 7.10. The number of amides is 2. The van der Waals surface area contributed by atoms with Gasteiger partial charge in [-0.2, -0.15) is 0 Å². The second-order valence-electron chi connectivity index (χ2n) is 5.49. The highest BCUT2D eigenvalue weighted by molar-refractivity contribution is 7.99. The van der Waals surface area contributed by atoms with Crippen molar-refractivity contribution in [1.82, 2.24) is 10.6 Å². The number of hydrogen-bond donors (Lipinski definition) is 2. The fourth-order valence-electron chi connectivity index (χ4n) is 2.78. The summed E-state index contributed by atoms with van der Waals surface area (Å²) in [5.74, 6) is 0.830. The third-order valence-corrected chi connectivity index (χ3v) is 5.17. The number of thioether (sulfide) groups is 1. The third kappa shape index (κ3) is 4.43. The minimum atomic E-state index is -0.0941. The van der Waals surface area contributed by atoms with Gasteiger partial charge in [0.05, 0.1) is 6.04 Å². The zero-order valence-corrected chi connectivity index (χ0v) is 14.3. The molecule has 2 aromatic carbocycles. The Morgan fingerprint density at radius 1 is 1.17 bits per heavy atom. The topological polar surface area (TPSA) is 41.1 Å². The Labute approximate surface area is 145 Å². The molecule has 0 fully saturated rings. The van der Waals surface area contributed by atoms with E-state index in [-0.39, 0.29) is 12.1 Å². The Bertz CT molecular complexity index is 675. The van der Waals surface area contributed by atoms with E-state index in [0.29, 0.717) is 6.54 Å². The summed E-state index contributed by atoms with van der Waals surface area (Å²) in [7, 11) is 0. The average molecular weight is 347 g/mol. The van der Waals surface area contributed by atoms with Crippen molar-refractivity contribution in [3.05, 3.63) is 64.7 Å². The third-order valence-electron chi connectivity index (χ3n) is 3.91. The van der Waals surface area contributed by atoms with Crippen molar-refractivity contribution >= 4 is 29.4 Å². The zero-order chi connectivity index (χ0) is 16.1. The molecule has 0 unspecified atom stereocenters. The van der Waals surface area contributed by atoms with Crippen LogP contribution in [-0.2, 0) is 6.42 Å². The van der Waals surface area contributed by atoms with Gasteiger partial charge in [0, 0.05) is 22.2 Å². The molecule has 0 heterocycles. The van der Waals surface area contributed by atoms with E-state index < -0.39 is 0 Å². The predicted molar refractivity (Wildman–Crippen MR) is 96.2 cm³/mol. The van der Waals surface area contributed by atoms with Crippen LogP contribution in [0.25, 0.3) is 0 Å². The minimum absolute atomic E-state index is 0.0941. The summed E-state index contributed by atoms with van der Waals surface area (Å²) >= 11 is 7.56. The Balaban J connectivity index is 1.40. The van der Waals surface area contributed by atoms with Crippen LogP contribution in [0.4, 0.5) is 4.79 Å². The molecule has 120 valence electrons. The lowest BCUT2D eigenvalue weighted by atomic mass is 10.1. The number of halogens is 1. The highest BCUT2D eigenvalue weighted by Crippen LogP contribution is 2.30. The van der Waals surface area contributed by atoms with Crippen LogP contribution in [0.15, 0.2) is 53.4 Å². The van der Waals surface area contributed by atoms with E-state index in [0.717, 1.165) is 28.5 Å². The van der Waals surface area contributed by atoms with E-state index >= 15 is 0 Å². The number of carbonyl (C=O) groups is 1. The summed E-state index contributed by atoms with van der Waals surface area (Å²) in [5, 5.41) is 6.73. The van der Waals surface area contributed by atoms with Gasteiger partial charge in [0.1, 0.15) is 0 Å². The molecule has 2 amide bonds. The molecule has 0 aromatic heterocycles. The number of rotatable bonds is 5. The molecule has 0 saturated heterocycles. The van der Waals surface area contributed by atoms with Crippen LogP contribution >= 0.6 is 23.4 Å². The molecule has 0 radical (unpaired) electrons. The molecule has 0 spiro atoms. The minimum Gasteiger partial charge on any atom is -0.337 e. The first-order valence-corrected chi connectivity index (χ1v) is 9.09. The van der Waals surface area contributed by atoms with E-state index in [1.54, 1.807) is 11.8 Å². The van der Waals surface area contributed by atoms with E-state index in [4.69, 9.17) is 11.6 Å². The summed E-state index contributed by atoms with van der Waals surface area (Å²) in [6.45, 7) is 0.632. The number of carbonyl (C=O) groups excluding carboxylic acids is 1. The van der Waals surface area contributed by atoms with Crippen LogP contribution in [0.3, 0.4) is 0 Å². The molecular weight excluding hydrogens is 328 g/mol. The number of benzene rings is 2. The lowest BCUT2D eigenvalue weighted by molar-refractivity contribution is 0.237. The van der Waals surface area contributed by atoms with Gasteiger partial charge in [0.15, 0.2) is 0 Å². The molecule has 1 atom stereocenters. The van der Waals surface area contributed by atoms with Crippen LogP contribution in [0.5, 0.6) is 0 Å². The Morgan fingerprint density at radius 2 is 1.96 bits per heavy atom. The van der Waals surface area contributed by atoms with Gasteiger partial charge in [-0.05, 0) is 48.2 Å². The lowest BCUT2D eigenvalue weighted by Crippen LogP contribution is -2.38.